The van der Waals surface area contributed by atoms with Crippen LogP contribution in [0.5, 0.6) is 0 Å². The maximum Gasteiger partial charge on any atom is 0.133 e. The van der Waals surface area contributed by atoms with Gasteiger partial charge in [-0.25, -0.2) is 4.98 Å². The first-order valence-electron chi connectivity index (χ1n) is 6.39. The predicted molar refractivity (Wildman–Crippen MR) is 78.9 cm³/mol. The highest BCUT2D eigenvalue weighted by Gasteiger charge is 2.14. The molecule has 1 atom stereocenters. The molecule has 0 fully saturated rings. The number of nitrogens with zero attached hydrogens (tertiary/aromatic N) is 2. The van der Waals surface area contributed by atoms with Crippen molar-refractivity contribution in [3.63, 3.8) is 0 Å². The molecule has 0 bridgehead atoms. The van der Waals surface area contributed by atoms with Gasteiger partial charge in [0.15, 0.2) is 0 Å². The molecule has 98 valence electrons. The summed E-state index contributed by atoms with van der Waals surface area (Å²) in [5.74, 6) is 1.01. The Bertz CT molecular complexity index is 377. The molecule has 0 saturated carbocycles. The Labute approximate surface area is 110 Å². The Hall–Kier alpha value is -1.61. The van der Waals surface area contributed by atoms with Crippen LogP contribution in [0, 0.1) is 0 Å². The van der Waals surface area contributed by atoms with Crippen LogP contribution < -0.4 is 10.2 Å². The van der Waals surface area contributed by atoms with Gasteiger partial charge in [0.1, 0.15) is 5.82 Å². The van der Waals surface area contributed by atoms with Crippen molar-refractivity contribution in [2.75, 3.05) is 24.5 Å². The summed E-state index contributed by atoms with van der Waals surface area (Å²) in [4.78, 5) is 6.68. The fourth-order valence-corrected chi connectivity index (χ4v) is 1.99. The van der Waals surface area contributed by atoms with Gasteiger partial charge in [-0.15, -0.1) is 13.2 Å². The molecule has 0 saturated heterocycles. The van der Waals surface area contributed by atoms with Crippen LogP contribution in [0.3, 0.4) is 0 Å². The van der Waals surface area contributed by atoms with Crippen LogP contribution in [-0.4, -0.2) is 24.6 Å². The highest BCUT2D eigenvalue weighted by Crippen LogP contribution is 2.23. The van der Waals surface area contributed by atoms with E-state index in [4.69, 9.17) is 0 Å². The highest BCUT2D eigenvalue weighted by molar-refractivity contribution is 5.49. The van der Waals surface area contributed by atoms with Gasteiger partial charge in [-0.1, -0.05) is 25.1 Å². The molecular formula is C15H23N3. The smallest absolute Gasteiger partial charge is 0.133 e. The lowest BCUT2D eigenvalue weighted by atomic mass is 10.1. The summed E-state index contributed by atoms with van der Waals surface area (Å²) in [5.41, 5.74) is 1.21. The van der Waals surface area contributed by atoms with Gasteiger partial charge < -0.3 is 10.2 Å². The summed E-state index contributed by atoms with van der Waals surface area (Å²) >= 11 is 0. The largest absolute Gasteiger partial charge is 0.349 e. The van der Waals surface area contributed by atoms with Crippen molar-refractivity contribution < 1.29 is 0 Å². The fourth-order valence-electron chi connectivity index (χ4n) is 1.99. The molecule has 3 nitrogen and oxygen atoms in total. The minimum atomic E-state index is 0.288. The van der Waals surface area contributed by atoms with Crippen molar-refractivity contribution in [3.05, 3.63) is 49.2 Å². The van der Waals surface area contributed by atoms with E-state index in [0.717, 1.165) is 25.5 Å². The first kappa shape index (κ1) is 14.5. The van der Waals surface area contributed by atoms with Gasteiger partial charge in [0.25, 0.3) is 0 Å². The summed E-state index contributed by atoms with van der Waals surface area (Å²) in [6.07, 6.45) is 5.61. The highest BCUT2D eigenvalue weighted by atomic mass is 15.2. The number of rotatable bonds is 8. The molecule has 1 rings (SSSR count). The second kappa shape index (κ2) is 7.67. The first-order chi connectivity index (χ1) is 8.74. The van der Waals surface area contributed by atoms with Gasteiger partial charge in [-0.2, -0.15) is 0 Å². The van der Waals surface area contributed by atoms with Crippen LogP contribution >= 0.6 is 0 Å². The molecule has 0 spiro atoms. The Balaban J connectivity index is 3.04. The summed E-state index contributed by atoms with van der Waals surface area (Å²) in [6.45, 7) is 14.4. The second-order valence-corrected chi connectivity index (χ2v) is 4.18. The molecular weight excluding hydrogens is 222 g/mol. The Morgan fingerprint density at radius 1 is 1.39 bits per heavy atom. The van der Waals surface area contributed by atoms with Gasteiger partial charge >= 0.3 is 0 Å². The third-order valence-electron chi connectivity index (χ3n) is 2.79. The van der Waals surface area contributed by atoms with Gasteiger partial charge in [0.2, 0.25) is 0 Å². The van der Waals surface area contributed by atoms with Gasteiger partial charge in [0, 0.05) is 30.9 Å². The number of aromatic nitrogens is 1. The Kier molecular flexibility index (Phi) is 6.15. The van der Waals surface area contributed by atoms with Crippen LogP contribution in [-0.2, 0) is 0 Å². The van der Waals surface area contributed by atoms with Crippen molar-refractivity contribution in [1.29, 1.82) is 0 Å². The van der Waals surface area contributed by atoms with E-state index in [1.54, 1.807) is 0 Å². The summed E-state index contributed by atoms with van der Waals surface area (Å²) in [7, 11) is 0. The molecule has 1 unspecified atom stereocenters. The lowest BCUT2D eigenvalue weighted by molar-refractivity contribution is 0.594. The zero-order valence-electron chi connectivity index (χ0n) is 11.4. The van der Waals surface area contributed by atoms with E-state index >= 15 is 0 Å². The van der Waals surface area contributed by atoms with Crippen LogP contribution in [0.2, 0.25) is 0 Å². The fraction of sp³-hybridized carbons (Fsp3) is 0.400. The standard InChI is InChI=1S/C15H23N3/c1-5-11-18(12-6-2)15-14(9-8-10-17-15)13(4)16-7-3/h5-6,8-10,13,16H,1-2,7,11-12H2,3-4H3. The van der Waals surface area contributed by atoms with E-state index in [-0.39, 0.29) is 6.04 Å². The zero-order chi connectivity index (χ0) is 13.4. The molecule has 0 aliphatic heterocycles. The van der Waals surface area contributed by atoms with Gasteiger partial charge in [-0.3, -0.25) is 0 Å². The SMILES string of the molecule is C=CCN(CC=C)c1ncccc1C(C)NCC. The molecule has 0 aliphatic rings. The zero-order valence-corrected chi connectivity index (χ0v) is 11.4. The quantitative estimate of drug-likeness (QED) is 0.714. The van der Waals surface area contributed by atoms with Crippen LogP contribution in [0.25, 0.3) is 0 Å². The van der Waals surface area contributed by atoms with E-state index in [0.29, 0.717) is 0 Å². The second-order valence-electron chi connectivity index (χ2n) is 4.18. The Morgan fingerprint density at radius 2 is 2.06 bits per heavy atom. The van der Waals surface area contributed by atoms with Crippen LogP contribution in [0.15, 0.2) is 43.6 Å². The van der Waals surface area contributed by atoms with Crippen molar-refractivity contribution >= 4 is 5.82 Å². The summed E-state index contributed by atoms with van der Waals surface area (Å²) in [5, 5.41) is 3.42. The molecule has 18 heavy (non-hydrogen) atoms. The molecule has 1 aromatic heterocycles. The lowest BCUT2D eigenvalue weighted by Gasteiger charge is -2.25. The molecule has 3 heteroatoms. The summed E-state index contributed by atoms with van der Waals surface area (Å²) in [6, 6.07) is 4.39. The molecule has 0 amide bonds. The number of nitrogens with one attached hydrogen (secondary N) is 1. The maximum absolute atomic E-state index is 4.51. The van der Waals surface area contributed by atoms with Crippen LogP contribution in [0.4, 0.5) is 5.82 Å². The third kappa shape index (κ3) is 3.70. The molecule has 0 aliphatic carbocycles. The lowest BCUT2D eigenvalue weighted by Crippen LogP contribution is -2.28. The molecule has 1 aromatic rings. The minimum Gasteiger partial charge on any atom is -0.349 e. The topological polar surface area (TPSA) is 28.2 Å². The van der Waals surface area contributed by atoms with Crippen molar-refractivity contribution in [3.8, 4) is 0 Å². The molecule has 0 radical (unpaired) electrons. The number of hydrogen-bond donors (Lipinski definition) is 1. The van der Waals surface area contributed by atoms with Gasteiger partial charge in [0.05, 0.1) is 0 Å². The van der Waals surface area contributed by atoms with E-state index in [9.17, 15) is 0 Å². The average Bonchev–Trinajstić information content (AvgIpc) is 2.39. The van der Waals surface area contributed by atoms with Gasteiger partial charge in [-0.05, 0) is 19.5 Å². The number of hydrogen-bond acceptors (Lipinski definition) is 3. The van der Waals surface area contributed by atoms with Crippen molar-refractivity contribution in [2.24, 2.45) is 0 Å². The van der Waals surface area contributed by atoms with Crippen molar-refractivity contribution in [1.82, 2.24) is 10.3 Å². The average molecular weight is 245 g/mol. The number of anilines is 1. The van der Waals surface area contributed by atoms with E-state index in [2.05, 4.69) is 48.3 Å². The third-order valence-corrected chi connectivity index (χ3v) is 2.79. The molecule has 0 aromatic carbocycles. The normalized spacial score (nSPS) is 11.9. The van der Waals surface area contributed by atoms with E-state index in [1.807, 2.05) is 24.4 Å². The van der Waals surface area contributed by atoms with E-state index < -0.39 is 0 Å². The van der Waals surface area contributed by atoms with Crippen LogP contribution in [0.1, 0.15) is 25.5 Å². The maximum atomic E-state index is 4.51. The van der Waals surface area contributed by atoms with Crippen molar-refractivity contribution in [2.45, 2.75) is 19.9 Å². The molecule has 1 N–H and O–H groups in total. The van der Waals surface area contributed by atoms with E-state index in [1.165, 1.54) is 5.56 Å². The molecule has 1 heterocycles. The first-order valence-corrected chi connectivity index (χ1v) is 6.39. The summed E-state index contributed by atoms with van der Waals surface area (Å²) < 4.78 is 0. The minimum absolute atomic E-state index is 0.288. The predicted octanol–water partition coefficient (Wildman–Crippen LogP) is 2.93. The monoisotopic (exact) mass is 245 g/mol. The number of pyridine rings is 1. The Morgan fingerprint density at radius 3 is 2.61 bits per heavy atom.